The quantitative estimate of drug-likeness (QED) is 0.453. The highest BCUT2D eigenvalue weighted by Gasteiger charge is 2.18. The van der Waals surface area contributed by atoms with Gasteiger partial charge < -0.3 is 9.84 Å². The fourth-order valence-corrected chi connectivity index (χ4v) is 4.67. The minimum Gasteiger partial charge on any atom is -0.487 e. The molecule has 0 bridgehead atoms. The summed E-state index contributed by atoms with van der Waals surface area (Å²) in [5.74, 6) is 6.41. The summed E-state index contributed by atoms with van der Waals surface area (Å²) >= 11 is 1.79. The number of pyridine rings is 1. The van der Waals surface area contributed by atoms with E-state index in [-0.39, 0.29) is 6.61 Å². The van der Waals surface area contributed by atoms with Crippen LogP contribution in [0.4, 0.5) is 0 Å². The number of allylic oxidation sites excluding steroid dienone is 1. The molecule has 0 aliphatic heterocycles. The molecule has 158 valence electrons. The van der Waals surface area contributed by atoms with Crippen LogP contribution in [0.1, 0.15) is 36.1 Å². The lowest BCUT2D eigenvalue weighted by molar-refractivity contribution is 0.298. The molecule has 3 aromatic rings. The van der Waals surface area contributed by atoms with Crippen LogP contribution in [0.2, 0.25) is 0 Å². The number of hydrogen-bond acceptors (Lipinski definition) is 5. The largest absolute Gasteiger partial charge is 0.487 e. The Labute approximate surface area is 187 Å². The average Bonchev–Trinajstić information content (AvgIpc) is 3.20. The lowest BCUT2D eigenvalue weighted by atomic mass is 10.1. The molecular formula is C25H25N3O2S. The molecule has 31 heavy (non-hydrogen) atoms. The van der Waals surface area contributed by atoms with Crippen LogP contribution in [0.5, 0.6) is 5.75 Å². The standard InChI is InChI=1S/C25H25N3O2S/c1-19-15-23(12-11-20(19)7-6-14-29)30-18-22-17-27-25(31-24-9-3-2-4-10-24)28(22)21-8-5-13-26-16-21/h3,5,8-9,11-13,15-17,24,29H,2,4,10,14,18H2,1H3. The summed E-state index contributed by atoms with van der Waals surface area (Å²) in [4.78, 5) is 9.00. The minimum atomic E-state index is -0.146. The Morgan fingerprint density at radius 2 is 2.23 bits per heavy atom. The van der Waals surface area contributed by atoms with E-state index in [0.29, 0.717) is 11.9 Å². The van der Waals surface area contributed by atoms with Crippen LogP contribution in [0.3, 0.4) is 0 Å². The van der Waals surface area contributed by atoms with E-state index in [4.69, 9.17) is 14.8 Å². The maximum atomic E-state index is 8.89. The number of aliphatic hydroxyl groups excluding tert-OH is 1. The topological polar surface area (TPSA) is 60.2 Å². The van der Waals surface area contributed by atoms with Crippen LogP contribution in [0.15, 0.2) is 66.2 Å². The van der Waals surface area contributed by atoms with E-state index in [2.05, 4.69) is 33.5 Å². The Balaban J connectivity index is 1.56. The molecule has 0 radical (unpaired) electrons. The number of aliphatic hydroxyl groups is 1. The summed E-state index contributed by atoms with van der Waals surface area (Å²) in [6, 6.07) is 9.76. The van der Waals surface area contributed by atoms with E-state index in [0.717, 1.165) is 46.3 Å². The number of rotatable bonds is 6. The Kier molecular flexibility index (Phi) is 7.08. The zero-order valence-corrected chi connectivity index (χ0v) is 18.3. The highest BCUT2D eigenvalue weighted by atomic mass is 32.2. The number of ether oxygens (including phenoxy) is 1. The summed E-state index contributed by atoms with van der Waals surface area (Å²) in [6.07, 6.45) is 13.6. The summed E-state index contributed by atoms with van der Waals surface area (Å²) < 4.78 is 8.23. The molecule has 1 aliphatic rings. The highest BCUT2D eigenvalue weighted by molar-refractivity contribution is 7.99. The molecule has 2 aromatic heterocycles. The van der Waals surface area contributed by atoms with E-state index in [1.165, 1.54) is 6.42 Å². The van der Waals surface area contributed by atoms with Gasteiger partial charge in [-0.2, -0.15) is 0 Å². The van der Waals surface area contributed by atoms with Gasteiger partial charge in [0.25, 0.3) is 0 Å². The number of aromatic nitrogens is 3. The second-order valence-electron chi connectivity index (χ2n) is 7.32. The van der Waals surface area contributed by atoms with Gasteiger partial charge in [-0.1, -0.05) is 35.8 Å². The monoisotopic (exact) mass is 431 g/mol. The van der Waals surface area contributed by atoms with Gasteiger partial charge >= 0.3 is 0 Å². The van der Waals surface area contributed by atoms with Crippen LogP contribution in [0.25, 0.3) is 5.69 Å². The van der Waals surface area contributed by atoms with Crippen LogP contribution < -0.4 is 4.74 Å². The predicted octanol–water partition coefficient (Wildman–Crippen LogP) is 4.70. The van der Waals surface area contributed by atoms with Crippen LogP contribution in [-0.2, 0) is 6.61 Å². The molecule has 0 amide bonds. The molecule has 2 heterocycles. The van der Waals surface area contributed by atoms with Crippen molar-refractivity contribution >= 4 is 11.8 Å². The van der Waals surface area contributed by atoms with Crippen LogP contribution in [-0.4, -0.2) is 31.5 Å². The number of aryl methyl sites for hydroxylation is 1. The summed E-state index contributed by atoms with van der Waals surface area (Å²) in [6.45, 7) is 2.23. The number of imidazole rings is 1. The van der Waals surface area contributed by atoms with E-state index < -0.39 is 0 Å². The Bertz CT molecular complexity index is 1110. The average molecular weight is 432 g/mol. The Morgan fingerprint density at radius 3 is 2.97 bits per heavy atom. The van der Waals surface area contributed by atoms with E-state index in [1.807, 2.05) is 49.6 Å². The third kappa shape index (κ3) is 5.38. The fourth-order valence-electron chi connectivity index (χ4n) is 3.49. The summed E-state index contributed by atoms with van der Waals surface area (Å²) in [5, 5.41) is 10.3. The molecule has 1 unspecified atom stereocenters. The molecule has 1 aromatic carbocycles. The first-order valence-corrected chi connectivity index (χ1v) is 11.3. The predicted molar refractivity (Wildman–Crippen MR) is 123 cm³/mol. The van der Waals surface area contributed by atoms with Gasteiger partial charge in [0.05, 0.1) is 23.8 Å². The number of hydrogen-bond donors (Lipinski definition) is 1. The molecule has 0 saturated heterocycles. The minimum absolute atomic E-state index is 0.146. The maximum Gasteiger partial charge on any atom is 0.173 e. The molecule has 4 rings (SSSR count). The first kappa shape index (κ1) is 21.2. The van der Waals surface area contributed by atoms with E-state index in [9.17, 15) is 0 Å². The molecule has 1 atom stereocenters. The number of thioether (sulfide) groups is 1. The van der Waals surface area contributed by atoms with Crippen LogP contribution >= 0.6 is 11.8 Å². The molecule has 6 heteroatoms. The second-order valence-corrected chi connectivity index (χ2v) is 8.53. The molecular weight excluding hydrogens is 406 g/mol. The van der Waals surface area contributed by atoms with Gasteiger partial charge in [-0.05, 0) is 62.1 Å². The van der Waals surface area contributed by atoms with Crippen molar-refractivity contribution in [3.05, 3.63) is 77.9 Å². The number of nitrogens with zero attached hydrogens (tertiary/aromatic N) is 3. The van der Waals surface area contributed by atoms with Crippen molar-refractivity contribution in [2.75, 3.05) is 6.61 Å². The zero-order valence-electron chi connectivity index (χ0n) is 17.5. The lowest BCUT2D eigenvalue weighted by Gasteiger charge is -2.17. The first-order chi connectivity index (χ1) is 15.2. The van der Waals surface area contributed by atoms with Crippen molar-refractivity contribution in [3.63, 3.8) is 0 Å². The zero-order chi connectivity index (χ0) is 21.5. The molecule has 0 saturated carbocycles. The third-order valence-corrected chi connectivity index (χ3v) is 6.25. The summed E-state index contributed by atoms with van der Waals surface area (Å²) in [7, 11) is 0. The van der Waals surface area contributed by atoms with Crippen molar-refractivity contribution in [2.45, 2.75) is 43.2 Å². The number of benzene rings is 1. The van der Waals surface area contributed by atoms with Gasteiger partial charge in [-0.25, -0.2) is 4.98 Å². The highest BCUT2D eigenvalue weighted by Crippen LogP contribution is 2.32. The van der Waals surface area contributed by atoms with Gasteiger partial charge in [-0.15, -0.1) is 0 Å². The molecule has 5 nitrogen and oxygen atoms in total. The fraction of sp³-hybridized carbons (Fsp3) is 0.280. The molecule has 0 spiro atoms. The van der Waals surface area contributed by atoms with Crippen molar-refractivity contribution in [1.29, 1.82) is 0 Å². The SMILES string of the molecule is Cc1cc(OCc2cnc(SC3C=CCCC3)n2-c2cccnc2)ccc1C#CCO. The molecule has 0 fully saturated rings. The Morgan fingerprint density at radius 1 is 1.29 bits per heavy atom. The van der Waals surface area contributed by atoms with Crippen molar-refractivity contribution in [2.24, 2.45) is 0 Å². The van der Waals surface area contributed by atoms with Crippen molar-refractivity contribution in [1.82, 2.24) is 14.5 Å². The first-order valence-electron chi connectivity index (χ1n) is 10.4. The van der Waals surface area contributed by atoms with Gasteiger partial charge in [-0.3, -0.25) is 9.55 Å². The smallest absolute Gasteiger partial charge is 0.173 e. The van der Waals surface area contributed by atoms with Gasteiger partial charge in [0.2, 0.25) is 0 Å². The lowest BCUT2D eigenvalue weighted by Crippen LogP contribution is -2.08. The van der Waals surface area contributed by atoms with Crippen molar-refractivity contribution < 1.29 is 9.84 Å². The third-order valence-electron chi connectivity index (χ3n) is 5.06. The molecule has 1 aliphatic carbocycles. The van der Waals surface area contributed by atoms with Gasteiger partial charge in [0.1, 0.15) is 19.0 Å². The van der Waals surface area contributed by atoms with E-state index in [1.54, 1.807) is 18.0 Å². The summed E-state index contributed by atoms with van der Waals surface area (Å²) in [5.41, 5.74) is 3.85. The van der Waals surface area contributed by atoms with Crippen molar-refractivity contribution in [3.8, 4) is 23.3 Å². The van der Waals surface area contributed by atoms with Crippen LogP contribution in [0, 0.1) is 18.8 Å². The maximum absolute atomic E-state index is 8.89. The van der Waals surface area contributed by atoms with E-state index >= 15 is 0 Å². The normalized spacial score (nSPS) is 15.4. The second kappa shape index (κ2) is 10.3. The molecule has 1 N–H and O–H groups in total. The Hall–Kier alpha value is -3.01. The van der Waals surface area contributed by atoms with Gasteiger partial charge in [0, 0.05) is 17.0 Å². The van der Waals surface area contributed by atoms with Gasteiger partial charge in [0.15, 0.2) is 5.16 Å².